The molecule has 6 heteroatoms. The molecule has 0 fully saturated rings. The molecule has 0 saturated carbocycles. The molecule has 0 aliphatic rings. The molecule has 0 heterocycles. The second-order valence-electron chi connectivity index (χ2n) is 4.64. The Morgan fingerprint density at radius 2 is 1.95 bits per heavy atom. The highest BCUT2D eigenvalue weighted by Crippen LogP contribution is 2.29. The summed E-state index contributed by atoms with van der Waals surface area (Å²) < 4.78 is 42.1. The largest absolute Gasteiger partial charge is 0.416 e. The van der Waals surface area contributed by atoms with E-state index in [0.29, 0.717) is 18.6 Å². The molecule has 0 saturated heterocycles. The molecule has 116 valence electrons. The summed E-state index contributed by atoms with van der Waals surface area (Å²) in [5.41, 5.74) is -0.181. The van der Waals surface area contributed by atoms with Gasteiger partial charge in [0.15, 0.2) is 0 Å². The number of rotatable bonds is 6. The second-order valence-corrected chi connectivity index (χ2v) is 4.64. The predicted molar refractivity (Wildman–Crippen MR) is 74.6 cm³/mol. The lowest BCUT2D eigenvalue weighted by atomic mass is 10.1. The topological polar surface area (TPSA) is 38.3 Å². The maximum absolute atomic E-state index is 12.4. The number of carbonyl (C=O) groups is 1. The SMILES string of the molecule is COCCC(C)NC(=O)C=Cc1ccc(C(F)(F)F)cc1. The fourth-order valence-corrected chi connectivity index (χ4v) is 1.61. The van der Waals surface area contributed by atoms with Gasteiger partial charge in [0.25, 0.3) is 0 Å². The van der Waals surface area contributed by atoms with E-state index < -0.39 is 11.7 Å². The summed E-state index contributed by atoms with van der Waals surface area (Å²) in [6.45, 7) is 2.40. The number of methoxy groups -OCH3 is 1. The maximum Gasteiger partial charge on any atom is 0.416 e. The van der Waals surface area contributed by atoms with Crippen LogP contribution in [0.1, 0.15) is 24.5 Å². The Bertz CT molecular complexity index is 481. The van der Waals surface area contributed by atoms with E-state index in [1.807, 2.05) is 6.92 Å². The van der Waals surface area contributed by atoms with Gasteiger partial charge >= 0.3 is 6.18 Å². The molecule has 1 aromatic carbocycles. The van der Waals surface area contributed by atoms with Crippen LogP contribution in [0.25, 0.3) is 6.08 Å². The molecule has 0 bridgehead atoms. The van der Waals surface area contributed by atoms with E-state index in [2.05, 4.69) is 5.32 Å². The van der Waals surface area contributed by atoms with Gasteiger partial charge in [0.2, 0.25) is 5.91 Å². The summed E-state index contributed by atoms with van der Waals surface area (Å²) >= 11 is 0. The third-order valence-corrected chi connectivity index (χ3v) is 2.81. The summed E-state index contributed by atoms with van der Waals surface area (Å²) in [7, 11) is 1.58. The molecule has 0 aliphatic carbocycles. The molecule has 1 aromatic rings. The summed E-state index contributed by atoms with van der Waals surface area (Å²) in [5, 5.41) is 2.73. The van der Waals surface area contributed by atoms with Gasteiger partial charge in [-0.2, -0.15) is 13.2 Å². The van der Waals surface area contributed by atoms with Crippen molar-refractivity contribution >= 4 is 12.0 Å². The van der Waals surface area contributed by atoms with Crippen LogP contribution < -0.4 is 5.32 Å². The number of nitrogens with one attached hydrogen (secondary N) is 1. The first kappa shape index (κ1) is 17.2. The highest BCUT2D eigenvalue weighted by atomic mass is 19.4. The van der Waals surface area contributed by atoms with Crippen LogP contribution in [-0.2, 0) is 15.7 Å². The lowest BCUT2D eigenvalue weighted by molar-refractivity contribution is -0.137. The Kier molecular flexibility index (Phi) is 6.42. The zero-order valence-electron chi connectivity index (χ0n) is 11.9. The first-order valence-electron chi connectivity index (χ1n) is 6.47. The minimum absolute atomic E-state index is 0.0327. The number of halogens is 3. The van der Waals surface area contributed by atoms with E-state index in [0.717, 1.165) is 12.1 Å². The quantitative estimate of drug-likeness (QED) is 0.819. The Hall–Kier alpha value is -1.82. The van der Waals surface area contributed by atoms with E-state index in [4.69, 9.17) is 4.74 Å². The molecule has 1 amide bonds. The Balaban J connectivity index is 2.54. The third-order valence-electron chi connectivity index (χ3n) is 2.81. The highest BCUT2D eigenvalue weighted by molar-refractivity contribution is 5.91. The lowest BCUT2D eigenvalue weighted by Crippen LogP contribution is -2.31. The van der Waals surface area contributed by atoms with Gasteiger partial charge in [-0.25, -0.2) is 0 Å². The molecule has 1 rings (SSSR count). The summed E-state index contributed by atoms with van der Waals surface area (Å²) in [4.78, 5) is 11.6. The van der Waals surface area contributed by atoms with Crippen molar-refractivity contribution in [2.45, 2.75) is 25.6 Å². The normalized spacial score (nSPS) is 13.4. The lowest BCUT2D eigenvalue weighted by Gasteiger charge is -2.11. The van der Waals surface area contributed by atoms with Crippen molar-refractivity contribution in [1.29, 1.82) is 0 Å². The van der Waals surface area contributed by atoms with Crippen LogP contribution in [0, 0.1) is 0 Å². The zero-order chi connectivity index (χ0) is 15.9. The van der Waals surface area contributed by atoms with Gasteiger partial charge in [0, 0.05) is 25.8 Å². The van der Waals surface area contributed by atoms with Gasteiger partial charge in [-0.05, 0) is 37.1 Å². The number of alkyl halides is 3. The fourth-order valence-electron chi connectivity index (χ4n) is 1.61. The van der Waals surface area contributed by atoms with Crippen molar-refractivity contribution in [3.8, 4) is 0 Å². The van der Waals surface area contributed by atoms with Gasteiger partial charge in [0.1, 0.15) is 0 Å². The monoisotopic (exact) mass is 301 g/mol. The minimum atomic E-state index is -4.35. The van der Waals surface area contributed by atoms with E-state index in [9.17, 15) is 18.0 Å². The van der Waals surface area contributed by atoms with Crippen molar-refractivity contribution in [2.24, 2.45) is 0 Å². The molecule has 1 atom stereocenters. The molecule has 0 spiro atoms. The van der Waals surface area contributed by atoms with E-state index in [1.54, 1.807) is 7.11 Å². The maximum atomic E-state index is 12.4. The molecule has 1 unspecified atom stereocenters. The van der Waals surface area contributed by atoms with Crippen LogP contribution in [0.5, 0.6) is 0 Å². The van der Waals surface area contributed by atoms with Gasteiger partial charge < -0.3 is 10.1 Å². The van der Waals surface area contributed by atoms with Crippen molar-refractivity contribution in [1.82, 2.24) is 5.32 Å². The number of benzene rings is 1. The first-order valence-corrected chi connectivity index (χ1v) is 6.47. The molecule has 21 heavy (non-hydrogen) atoms. The van der Waals surface area contributed by atoms with Crippen LogP contribution in [0.2, 0.25) is 0 Å². The third kappa shape index (κ3) is 6.44. The smallest absolute Gasteiger partial charge is 0.385 e. The molecule has 1 N–H and O–H groups in total. The molecule has 0 aliphatic heterocycles. The van der Waals surface area contributed by atoms with Crippen molar-refractivity contribution in [2.75, 3.05) is 13.7 Å². The van der Waals surface area contributed by atoms with E-state index >= 15 is 0 Å². The predicted octanol–water partition coefficient (Wildman–Crippen LogP) is 3.26. The van der Waals surface area contributed by atoms with Crippen LogP contribution in [-0.4, -0.2) is 25.7 Å². The van der Waals surface area contributed by atoms with E-state index in [1.165, 1.54) is 24.3 Å². The molecular formula is C15H18F3NO2. The minimum Gasteiger partial charge on any atom is -0.385 e. The fraction of sp³-hybridized carbons (Fsp3) is 0.400. The zero-order valence-corrected chi connectivity index (χ0v) is 11.9. The average Bonchev–Trinajstić information content (AvgIpc) is 2.42. The standard InChI is InChI=1S/C15H18F3NO2/c1-11(9-10-21-2)19-14(20)8-5-12-3-6-13(7-4-12)15(16,17)18/h3-8,11H,9-10H2,1-2H3,(H,19,20). The highest BCUT2D eigenvalue weighted by Gasteiger charge is 2.29. The van der Waals surface area contributed by atoms with Crippen LogP contribution in [0.4, 0.5) is 13.2 Å². The van der Waals surface area contributed by atoms with Crippen molar-refractivity contribution in [3.05, 3.63) is 41.5 Å². The van der Waals surface area contributed by atoms with Crippen LogP contribution in [0.3, 0.4) is 0 Å². The number of hydrogen-bond acceptors (Lipinski definition) is 2. The van der Waals surface area contributed by atoms with Crippen LogP contribution in [0.15, 0.2) is 30.3 Å². The number of hydrogen-bond donors (Lipinski definition) is 1. The molecule has 3 nitrogen and oxygen atoms in total. The number of carbonyl (C=O) groups excluding carboxylic acids is 1. The second kappa shape index (κ2) is 7.83. The molecule has 0 aromatic heterocycles. The van der Waals surface area contributed by atoms with Crippen LogP contribution >= 0.6 is 0 Å². The van der Waals surface area contributed by atoms with Gasteiger partial charge in [-0.3, -0.25) is 4.79 Å². The number of amides is 1. The van der Waals surface area contributed by atoms with Gasteiger partial charge in [-0.1, -0.05) is 12.1 Å². The number of ether oxygens (including phenoxy) is 1. The first-order chi connectivity index (χ1) is 9.82. The Morgan fingerprint density at radius 3 is 2.48 bits per heavy atom. The summed E-state index contributed by atoms with van der Waals surface area (Å²) in [6, 6.07) is 4.58. The Morgan fingerprint density at radius 1 is 1.33 bits per heavy atom. The van der Waals surface area contributed by atoms with Crippen molar-refractivity contribution in [3.63, 3.8) is 0 Å². The molecule has 0 radical (unpaired) electrons. The Labute approximate surface area is 121 Å². The average molecular weight is 301 g/mol. The summed E-state index contributed by atoms with van der Waals surface area (Å²) in [5.74, 6) is -0.293. The molecular weight excluding hydrogens is 283 g/mol. The van der Waals surface area contributed by atoms with Crippen molar-refractivity contribution < 1.29 is 22.7 Å². The van der Waals surface area contributed by atoms with Gasteiger partial charge in [0.05, 0.1) is 5.56 Å². The summed E-state index contributed by atoms with van der Waals surface area (Å²) in [6.07, 6.45) is -0.892. The van der Waals surface area contributed by atoms with E-state index in [-0.39, 0.29) is 11.9 Å². The van der Waals surface area contributed by atoms with Gasteiger partial charge in [-0.15, -0.1) is 0 Å².